The highest BCUT2D eigenvalue weighted by molar-refractivity contribution is 7.22. The van der Waals surface area contributed by atoms with E-state index in [0.29, 0.717) is 35.0 Å². The van der Waals surface area contributed by atoms with Gasteiger partial charge < -0.3 is 24.4 Å². The smallest absolute Gasteiger partial charge is 0.229 e. The number of aromatic nitrogens is 1. The Kier molecular flexibility index (Phi) is 6.13. The second kappa shape index (κ2) is 8.97. The summed E-state index contributed by atoms with van der Waals surface area (Å²) in [6.45, 7) is 1.31. The zero-order chi connectivity index (χ0) is 22.0. The third-order valence-electron chi connectivity index (χ3n) is 5.35. The number of carbonyl (C=O) groups excluding carboxylic acids is 1. The molecule has 1 atom stereocenters. The van der Waals surface area contributed by atoms with Gasteiger partial charge >= 0.3 is 0 Å². The summed E-state index contributed by atoms with van der Waals surface area (Å²) in [7, 11) is 4.59. The third-order valence-corrected chi connectivity index (χ3v) is 6.43. The number of fused-ring (bicyclic) bond motifs is 1. The molecule has 31 heavy (non-hydrogen) atoms. The van der Waals surface area contributed by atoms with E-state index < -0.39 is 0 Å². The summed E-state index contributed by atoms with van der Waals surface area (Å²) in [5, 5.41) is 3.70. The van der Waals surface area contributed by atoms with Crippen LogP contribution in [0.5, 0.6) is 17.2 Å². The number of anilines is 2. The zero-order valence-electron chi connectivity index (χ0n) is 17.6. The van der Waals surface area contributed by atoms with E-state index in [1.54, 1.807) is 18.2 Å². The predicted octanol–water partition coefficient (Wildman–Crippen LogP) is 4.32. The lowest BCUT2D eigenvalue weighted by Crippen LogP contribution is -2.40. The van der Waals surface area contributed by atoms with Gasteiger partial charge in [0.15, 0.2) is 16.6 Å². The first kappa shape index (κ1) is 21.2. The standard InChI is InChI=1S/C22H24FN3O4S/c1-28-16-10-14(11-17(29-2)20(16)30-3)24-21(27)13-6-5-9-26(12-13)22-25-19-15(23)7-4-8-18(19)31-22/h4,7-8,10-11,13H,5-6,9,12H2,1-3H3,(H,24,27). The number of benzene rings is 2. The number of halogens is 1. The number of amides is 1. The highest BCUT2D eigenvalue weighted by Gasteiger charge is 2.28. The minimum Gasteiger partial charge on any atom is -0.493 e. The number of hydrogen-bond acceptors (Lipinski definition) is 7. The Morgan fingerprint density at radius 1 is 1.19 bits per heavy atom. The molecule has 1 fully saturated rings. The lowest BCUT2D eigenvalue weighted by Gasteiger charge is -2.31. The maximum Gasteiger partial charge on any atom is 0.229 e. The van der Waals surface area contributed by atoms with Gasteiger partial charge in [0.05, 0.1) is 31.9 Å². The normalized spacial score (nSPS) is 16.3. The van der Waals surface area contributed by atoms with Crippen LogP contribution in [0.25, 0.3) is 10.2 Å². The molecule has 2 aromatic carbocycles. The maximum absolute atomic E-state index is 14.0. The van der Waals surface area contributed by atoms with Crippen molar-refractivity contribution in [2.75, 3.05) is 44.6 Å². The number of piperidine rings is 1. The topological polar surface area (TPSA) is 72.9 Å². The molecular weight excluding hydrogens is 421 g/mol. The Hall–Kier alpha value is -3.07. The number of methoxy groups -OCH3 is 3. The van der Waals surface area contributed by atoms with E-state index in [4.69, 9.17) is 14.2 Å². The molecule has 1 aromatic heterocycles. The van der Waals surface area contributed by atoms with Crippen molar-refractivity contribution in [3.8, 4) is 17.2 Å². The van der Waals surface area contributed by atoms with Crippen LogP contribution in [0.15, 0.2) is 30.3 Å². The highest BCUT2D eigenvalue weighted by atomic mass is 32.1. The molecule has 1 aliphatic rings. The Bertz CT molecular complexity index is 1080. The van der Waals surface area contributed by atoms with Gasteiger partial charge in [-0.25, -0.2) is 9.37 Å². The van der Waals surface area contributed by atoms with Crippen LogP contribution >= 0.6 is 11.3 Å². The first-order valence-electron chi connectivity index (χ1n) is 9.95. The summed E-state index contributed by atoms with van der Waals surface area (Å²) in [4.78, 5) is 19.5. The van der Waals surface area contributed by atoms with Crippen molar-refractivity contribution in [2.24, 2.45) is 5.92 Å². The second-order valence-corrected chi connectivity index (χ2v) is 8.28. The highest BCUT2D eigenvalue weighted by Crippen LogP contribution is 2.40. The molecule has 2 heterocycles. The zero-order valence-corrected chi connectivity index (χ0v) is 18.4. The number of nitrogens with zero attached hydrogens (tertiary/aromatic N) is 2. The van der Waals surface area contributed by atoms with Crippen LogP contribution in [0.1, 0.15) is 12.8 Å². The Balaban J connectivity index is 1.50. The molecular formula is C22H24FN3O4S. The van der Waals surface area contributed by atoms with Gasteiger partial charge in [-0.05, 0) is 25.0 Å². The number of nitrogens with one attached hydrogen (secondary N) is 1. The number of carbonyl (C=O) groups is 1. The predicted molar refractivity (Wildman–Crippen MR) is 119 cm³/mol. The molecule has 0 saturated carbocycles. The van der Waals surface area contributed by atoms with Gasteiger partial charge in [-0.3, -0.25) is 4.79 Å². The van der Waals surface area contributed by atoms with E-state index in [0.717, 1.165) is 29.2 Å². The molecule has 0 bridgehead atoms. The quantitative estimate of drug-likeness (QED) is 0.609. The Morgan fingerprint density at radius 2 is 1.94 bits per heavy atom. The molecule has 3 aromatic rings. The fourth-order valence-electron chi connectivity index (χ4n) is 3.80. The van der Waals surface area contributed by atoms with Crippen molar-refractivity contribution in [3.05, 3.63) is 36.1 Å². The SMILES string of the molecule is COc1cc(NC(=O)C2CCCN(c3nc4c(F)cccc4s3)C2)cc(OC)c1OC. The first-order chi connectivity index (χ1) is 15.0. The van der Waals surface area contributed by atoms with Crippen LogP contribution in [0.2, 0.25) is 0 Å². The van der Waals surface area contributed by atoms with E-state index in [2.05, 4.69) is 15.2 Å². The van der Waals surface area contributed by atoms with Crippen molar-refractivity contribution in [2.45, 2.75) is 12.8 Å². The fraction of sp³-hybridized carbons (Fsp3) is 0.364. The van der Waals surface area contributed by atoms with E-state index in [1.165, 1.54) is 38.7 Å². The summed E-state index contributed by atoms with van der Waals surface area (Å²) in [6.07, 6.45) is 1.62. The molecule has 9 heteroatoms. The molecule has 1 amide bonds. The lowest BCUT2D eigenvalue weighted by atomic mass is 9.97. The number of thiazole rings is 1. The number of hydrogen-bond donors (Lipinski definition) is 1. The fourth-order valence-corrected chi connectivity index (χ4v) is 4.82. The molecule has 1 saturated heterocycles. The molecule has 4 rings (SSSR count). The molecule has 1 aliphatic heterocycles. The van der Waals surface area contributed by atoms with E-state index in [1.807, 2.05) is 6.07 Å². The van der Waals surface area contributed by atoms with Gasteiger partial charge in [-0.1, -0.05) is 17.4 Å². The summed E-state index contributed by atoms with van der Waals surface area (Å²) in [5.74, 6) is 0.775. The molecule has 0 aliphatic carbocycles. The van der Waals surface area contributed by atoms with E-state index in [9.17, 15) is 9.18 Å². The molecule has 1 unspecified atom stereocenters. The first-order valence-corrected chi connectivity index (χ1v) is 10.8. The second-order valence-electron chi connectivity index (χ2n) is 7.27. The van der Waals surface area contributed by atoms with Gasteiger partial charge in [0.25, 0.3) is 0 Å². The summed E-state index contributed by atoms with van der Waals surface area (Å²) in [6, 6.07) is 8.36. The van der Waals surface area contributed by atoms with Crippen molar-refractivity contribution < 1.29 is 23.4 Å². The Labute approximate surface area is 183 Å². The van der Waals surface area contributed by atoms with Crippen LogP contribution in [0.3, 0.4) is 0 Å². The van der Waals surface area contributed by atoms with E-state index in [-0.39, 0.29) is 17.6 Å². The average molecular weight is 446 g/mol. The van der Waals surface area contributed by atoms with Gasteiger partial charge in [-0.2, -0.15) is 0 Å². The van der Waals surface area contributed by atoms with Crippen molar-refractivity contribution in [1.82, 2.24) is 4.98 Å². The van der Waals surface area contributed by atoms with Crippen molar-refractivity contribution in [1.29, 1.82) is 0 Å². The lowest BCUT2D eigenvalue weighted by molar-refractivity contribution is -0.120. The number of para-hydroxylation sites is 1. The molecule has 0 radical (unpaired) electrons. The van der Waals surface area contributed by atoms with Gasteiger partial charge in [0.2, 0.25) is 11.7 Å². The van der Waals surface area contributed by atoms with Crippen LogP contribution < -0.4 is 24.4 Å². The van der Waals surface area contributed by atoms with Gasteiger partial charge in [-0.15, -0.1) is 0 Å². The monoisotopic (exact) mass is 445 g/mol. The summed E-state index contributed by atoms with van der Waals surface area (Å²) in [5.41, 5.74) is 0.949. The van der Waals surface area contributed by atoms with Crippen LogP contribution in [0, 0.1) is 11.7 Å². The maximum atomic E-state index is 14.0. The van der Waals surface area contributed by atoms with Crippen molar-refractivity contribution >= 4 is 38.3 Å². The van der Waals surface area contributed by atoms with Crippen LogP contribution in [-0.4, -0.2) is 45.3 Å². The van der Waals surface area contributed by atoms with E-state index >= 15 is 0 Å². The number of rotatable bonds is 6. The van der Waals surface area contributed by atoms with Crippen LogP contribution in [0.4, 0.5) is 15.2 Å². The van der Waals surface area contributed by atoms with Crippen LogP contribution in [-0.2, 0) is 4.79 Å². The summed E-state index contributed by atoms with van der Waals surface area (Å²) < 4.78 is 30.9. The molecule has 1 N–H and O–H groups in total. The minimum absolute atomic E-state index is 0.0914. The molecule has 0 spiro atoms. The largest absolute Gasteiger partial charge is 0.493 e. The minimum atomic E-state index is -0.325. The average Bonchev–Trinajstić information content (AvgIpc) is 3.24. The molecule has 7 nitrogen and oxygen atoms in total. The molecule has 164 valence electrons. The Morgan fingerprint density at radius 3 is 2.58 bits per heavy atom. The third kappa shape index (κ3) is 4.23. The van der Waals surface area contributed by atoms with Gasteiger partial charge in [0.1, 0.15) is 11.3 Å². The van der Waals surface area contributed by atoms with Gasteiger partial charge in [0, 0.05) is 30.9 Å². The van der Waals surface area contributed by atoms with Crippen molar-refractivity contribution in [3.63, 3.8) is 0 Å². The number of ether oxygens (including phenoxy) is 3. The summed E-state index contributed by atoms with van der Waals surface area (Å²) >= 11 is 1.45.